The van der Waals surface area contributed by atoms with Gasteiger partial charge in [-0.1, -0.05) is 29.3 Å². The van der Waals surface area contributed by atoms with Crippen LogP contribution in [0.1, 0.15) is 10.4 Å². The zero-order valence-electron chi connectivity index (χ0n) is 10.2. The van der Waals surface area contributed by atoms with Crippen LogP contribution in [-0.2, 0) is 0 Å². The van der Waals surface area contributed by atoms with Gasteiger partial charge in [-0.15, -0.1) is 0 Å². The van der Waals surface area contributed by atoms with Crippen molar-refractivity contribution in [1.29, 1.82) is 0 Å². The van der Waals surface area contributed by atoms with Gasteiger partial charge in [0.25, 0.3) is 5.91 Å². The summed E-state index contributed by atoms with van der Waals surface area (Å²) in [6, 6.07) is 10.2. The number of rotatable bonds is 2. The molecular formula is C14H9Cl2N3O. The van der Waals surface area contributed by atoms with E-state index < -0.39 is 0 Å². The van der Waals surface area contributed by atoms with Crippen molar-refractivity contribution in [3.05, 3.63) is 58.3 Å². The predicted molar refractivity (Wildman–Crippen MR) is 80.5 cm³/mol. The molecule has 0 saturated heterocycles. The lowest BCUT2D eigenvalue weighted by molar-refractivity contribution is 0.102. The highest BCUT2D eigenvalue weighted by Gasteiger charge is 2.12. The van der Waals surface area contributed by atoms with Crippen molar-refractivity contribution in [2.45, 2.75) is 0 Å². The summed E-state index contributed by atoms with van der Waals surface area (Å²) in [4.78, 5) is 19.3. The molecule has 0 saturated carbocycles. The Bertz CT molecular complexity index is 778. The Morgan fingerprint density at radius 1 is 1.15 bits per heavy atom. The molecule has 0 unspecified atom stereocenters. The Labute approximate surface area is 124 Å². The van der Waals surface area contributed by atoms with Crippen molar-refractivity contribution >= 4 is 45.8 Å². The second-order valence-corrected chi connectivity index (χ2v) is 5.00. The number of hydrogen-bond acceptors (Lipinski definition) is 2. The van der Waals surface area contributed by atoms with E-state index in [1.807, 2.05) is 0 Å². The molecule has 0 radical (unpaired) electrons. The van der Waals surface area contributed by atoms with Gasteiger partial charge in [-0.25, -0.2) is 4.98 Å². The van der Waals surface area contributed by atoms with Gasteiger partial charge in [0.15, 0.2) is 0 Å². The van der Waals surface area contributed by atoms with E-state index in [1.165, 1.54) is 0 Å². The minimum Gasteiger partial charge on any atom is -0.345 e. The van der Waals surface area contributed by atoms with Crippen molar-refractivity contribution in [2.24, 2.45) is 0 Å². The summed E-state index contributed by atoms with van der Waals surface area (Å²) in [5.41, 5.74) is 2.50. The molecule has 0 fully saturated rings. The number of halogens is 2. The first-order valence-electron chi connectivity index (χ1n) is 5.83. The van der Waals surface area contributed by atoms with Gasteiger partial charge in [0.1, 0.15) is 0 Å². The Kier molecular flexibility index (Phi) is 3.34. The summed E-state index contributed by atoms with van der Waals surface area (Å²) in [6.45, 7) is 0. The maximum absolute atomic E-state index is 12.2. The lowest BCUT2D eigenvalue weighted by atomic mass is 10.2. The number of para-hydroxylation sites is 1. The van der Waals surface area contributed by atoms with Crippen LogP contribution in [0.5, 0.6) is 0 Å². The summed E-state index contributed by atoms with van der Waals surface area (Å²) in [5.74, 6) is -0.281. The first-order valence-corrected chi connectivity index (χ1v) is 6.59. The molecule has 20 heavy (non-hydrogen) atoms. The van der Waals surface area contributed by atoms with Crippen molar-refractivity contribution in [2.75, 3.05) is 5.32 Å². The monoisotopic (exact) mass is 305 g/mol. The fourth-order valence-electron chi connectivity index (χ4n) is 1.88. The Balaban J connectivity index is 1.92. The molecule has 0 aliphatic rings. The number of aromatic nitrogens is 2. The molecule has 3 rings (SSSR count). The average molecular weight is 306 g/mol. The van der Waals surface area contributed by atoms with Crippen LogP contribution in [0, 0.1) is 0 Å². The molecule has 4 nitrogen and oxygen atoms in total. The van der Waals surface area contributed by atoms with Crippen LogP contribution in [0.2, 0.25) is 10.0 Å². The Morgan fingerprint density at radius 2 is 1.90 bits per heavy atom. The molecule has 0 bridgehead atoms. The highest BCUT2D eigenvalue weighted by Crippen LogP contribution is 2.30. The number of carbonyl (C=O) groups is 1. The number of nitrogens with zero attached hydrogens (tertiary/aromatic N) is 1. The number of nitrogens with one attached hydrogen (secondary N) is 2. The number of H-pyrrole nitrogens is 1. The number of aromatic amines is 1. The van der Waals surface area contributed by atoms with Crippen molar-refractivity contribution < 1.29 is 4.79 Å². The summed E-state index contributed by atoms with van der Waals surface area (Å²) in [6.07, 6.45) is 1.58. The normalized spacial score (nSPS) is 10.7. The van der Waals surface area contributed by atoms with Crippen LogP contribution >= 0.6 is 23.2 Å². The molecule has 1 heterocycles. The highest BCUT2D eigenvalue weighted by molar-refractivity contribution is 6.40. The Morgan fingerprint density at radius 3 is 2.65 bits per heavy atom. The van der Waals surface area contributed by atoms with Crippen LogP contribution < -0.4 is 5.32 Å². The minimum atomic E-state index is -0.281. The van der Waals surface area contributed by atoms with Crippen LogP contribution in [0.15, 0.2) is 42.7 Å². The third-order valence-corrected chi connectivity index (χ3v) is 3.51. The summed E-state index contributed by atoms with van der Waals surface area (Å²) >= 11 is 12.0. The van der Waals surface area contributed by atoms with Gasteiger partial charge < -0.3 is 10.3 Å². The number of anilines is 1. The molecule has 2 N–H and O–H groups in total. The molecule has 1 amide bonds. The smallest absolute Gasteiger partial charge is 0.255 e. The predicted octanol–water partition coefficient (Wildman–Crippen LogP) is 4.12. The molecule has 0 aliphatic heterocycles. The maximum Gasteiger partial charge on any atom is 0.255 e. The van der Waals surface area contributed by atoms with Gasteiger partial charge in [0, 0.05) is 5.56 Å². The third-order valence-electron chi connectivity index (χ3n) is 2.88. The number of benzene rings is 2. The van der Waals surface area contributed by atoms with Gasteiger partial charge in [-0.3, -0.25) is 4.79 Å². The standard InChI is InChI=1S/C14H9Cl2N3O/c15-9-2-1-3-10(16)13(9)19-14(20)8-4-5-11-12(6-8)18-7-17-11/h1-7H,(H,17,18)(H,19,20). The Hall–Kier alpha value is -2.04. The number of fused-ring (bicyclic) bond motifs is 1. The zero-order chi connectivity index (χ0) is 14.1. The minimum absolute atomic E-state index is 0.281. The lowest BCUT2D eigenvalue weighted by Gasteiger charge is -2.09. The highest BCUT2D eigenvalue weighted by atomic mass is 35.5. The van der Waals surface area contributed by atoms with Crippen LogP contribution in [0.3, 0.4) is 0 Å². The van der Waals surface area contributed by atoms with Crippen molar-refractivity contribution in [3.63, 3.8) is 0 Å². The number of hydrogen-bond donors (Lipinski definition) is 2. The van der Waals surface area contributed by atoms with Crippen LogP contribution in [-0.4, -0.2) is 15.9 Å². The fraction of sp³-hybridized carbons (Fsp3) is 0. The van der Waals surface area contributed by atoms with Gasteiger partial charge in [-0.05, 0) is 30.3 Å². The first kappa shape index (κ1) is 13.0. The van der Waals surface area contributed by atoms with E-state index in [1.54, 1.807) is 42.7 Å². The second-order valence-electron chi connectivity index (χ2n) is 4.19. The molecule has 1 aromatic heterocycles. The van der Waals surface area contributed by atoms with Crippen molar-refractivity contribution in [1.82, 2.24) is 9.97 Å². The van der Waals surface area contributed by atoms with Crippen LogP contribution in [0.25, 0.3) is 11.0 Å². The molecule has 100 valence electrons. The summed E-state index contributed by atoms with van der Waals surface area (Å²) in [5, 5.41) is 3.51. The molecule has 3 aromatic rings. The van der Waals surface area contributed by atoms with E-state index in [4.69, 9.17) is 23.2 Å². The molecule has 0 aliphatic carbocycles. The number of carbonyl (C=O) groups excluding carboxylic acids is 1. The second kappa shape index (κ2) is 5.15. The third kappa shape index (κ3) is 2.35. The largest absolute Gasteiger partial charge is 0.345 e. The van der Waals surface area contributed by atoms with E-state index in [2.05, 4.69) is 15.3 Å². The molecular weight excluding hydrogens is 297 g/mol. The molecule has 0 spiro atoms. The zero-order valence-corrected chi connectivity index (χ0v) is 11.7. The quantitative estimate of drug-likeness (QED) is 0.748. The SMILES string of the molecule is O=C(Nc1c(Cl)cccc1Cl)c1ccc2nc[nH]c2c1. The average Bonchev–Trinajstić information content (AvgIpc) is 2.90. The number of amides is 1. The topological polar surface area (TPSA) is 57.8 Å². The fourth-order valence-corrected chi connectivity index (χ4v) is 2.37. The van der Waals surface area contributed by atoms with Crippen molar-refractivity contribution in [3.8, 4) is 0 Å². The van der Waals surface area contributed by atoms with E-state index in [-0.39, 0.29) is 5.91 Å². The number of imidazole rings is 1. The molecule has 2 aromatic carbocycles. The van der Waals surface area contributed by atoms with Gasteiger partial charge in [0.05, 0.1) is 33.1 Å². The van der Waals surface area contributed by atoms with E-state index in [0.717, 1.165) is 11.0 Å². The lowest BCUT2D eigenvalue weighted by Crippen LogP contribution is -2.12. The van der Waals surface area contributed by atoms with E-state index in [0.29, 0.717) is 21.3 Å². The molecule has 0 atom stereocenters. The van der Waals surface area contributed by atoms with Gasteiger partial charge in [0.2, 0.25) is 0 Å². The van der Waals surface area contributed by atoms with Gasteiger partial charge in [-0.2, -0.15) is 0 Å². The molecule has 6 heteroatoms. The summed E-state index contributed by atoms with van der Waals surface area (Å²) < 4.78 is 0. The van der Waals surface area contributed by atoms with E-state index in [9.17, 15) is 4.79 Å². The van der Waals surface area contributed by atoms with Crippen LogP contribution in [0.4, 0.5) is 5.69 Å². The van der Waals surface area contributed by atoms with E-state index >= 15 is 0 Å². The van der Waals surface area contributed by atoms with Gasteiger partial charge >= 0.3 is 0 Å². The first-order chi connectivity index (χ1) is 9.65. The summed E-state index contributed by atoms with van der Waals surface area (Å²) in [7, 11) is 0. The maximum atomic E-state index is 12.2.